The van der Waals surface area contributed by atoms with Crippen LogP contribution in [0.4, 0.5) is 14.5 Å². The molecule has 1 atom stereocenters. The van der Waals surface area contributed by atoms with Crippen LogP contribution in [0.15, 0.2) is 18.2 Å². The van der Waals surface area contributed by atoms with E-state index in [1.807, 2.05) is 0 Å². The first-order valence-electron chi connectivity index (χ1n) is 4.21. The average Bonchev–Trinajstić information content (AvgIpc) is 2.17. The Hall–Kier alpha value is -1.72. The van der Waals surface area contributed by atoms with Gasteiger partial charge in [-0.2, -0.15) is 0 Å². The first-order valence-corrected chi connectivity index (χ1v) is 4.21. The van der Waals surface area contributed by atoms with Gasteiger partial charge in [-0.05, 0) is 13.0 Å². The van der Waals surface area contributed by atoms with E-state index in [0.717, 1.165) is 18.2 Å². The summed E-state index contributed by atoms with van der Waals surface area (Å²) in [5, 5.41) is 10.5. The molecule has 0 aliphatic carbocycles. The lowest BCUT2D eigenvalue weighted by atomic mass is 10.3. The topological polar surface area (TPSA) is 52.4 Å². The second-order valence-electron chi connectivity index (χ2n) is 2.95. The molecule has 0 radical (unpaired) electrons. The molecule has 0 aromatic heterocycles. The third kappa shape index (κ3) is 2.87. The van der Waals surface area contributed by atoms with Gasteiger partial charge < -0.3 is 4.74 Å². The minimum absolute atomic E-state index is 0.259. The van der Waals surface area contributed by atoms with E-state index in [9.17, 15) is 18.9 Å². The Balaban J connectivity index is 3.02. The number of nitro groups is 1. The van der Waals surface area contributed by atoms with Gasteiger partial charge in [0.15, 0.2) is 5.75 Å². The van der Waals surface area contributed by atoms with Crippen molar-refractivity contribution in [2.45, 2.75) is 13.0 Å². The zero-order valence-electron chi connectivity index (χ0n) is 7.94. The highest BCUT2D eigenvalue weighted by Crippen LogP contribution is 2.28. The largest absolute Gasteiger partial charge is 0.481 e. The molecule has 15 heavy (non-hydrogen) atoms. The fourth-order valence-corrected chi connectivity index (χ4v) is 0.981. The second-order valence-corrected chi connectivity index (χ2v) is 2.95. The van der Waals surface area contributed by atoms with E-state index in [-0.39, 0.29) is 11.4 Å². The highest BCUT2D eigenvalue weighted by Gasteiger charge is 2.17. The quantitative estimate of drug-likeness (QED) is 0.575. The van der Waals surface area contributed by atoms with Gasteiger partial charge in [0.1, 0.15) is 18.6 Å². The lowest BCUT2D eigenvalue weighted by Crippen LogP contribution is -2.14. The molecule has 0 heterocycles. The summed E-state index contributed by atoms with van der Waals surface area (Å²) in [6, 6.07) is 2.80. The number of nitro benzene ring substituents is 1. The molecule has 0 fully saturated rings. The highest BCUT2D eigenvalue weighted by atomic mass is 19.1. The molecule has 0 amide bonds. The van der Waals surface area contributed by atoms with Crippen molar-refractivity contribution in [2.24, 2.45) is 0 Å². The van der Waals surface area contributed by atoms with Crippen LogP contribution in [0.2, 0.25) is 0 Å². The molecule has 0 saturated carbocycles. The van der Waals surface area contributed by atoms with E-state index in [1.165, 1.54) is 6.92 Å². The minimum Gasteiger partial charge on any atom is -0.481 e. The van der Waals surface area contributed by atoms with Gasteiger partial charge in [0.25, 0.3) is 0 Å². The van der Waals surface area contributed by atoms with E-state index >= 15 is 0 Å². The number of nitrogens with zero attached hydrogens (tertiary/aromatic N) is 1. The number of halogens is 2. The Bertz CT molecular complexity index is 370. The van der Waals surface area contributed by atoms with Crippen LogP contribution < -0.4 is 4.74 Å². The average molecular weight is 217 g/mol. The van der Waals surface area contributed by atoms with E-state index in [4.69, 9.17) is 4.74 Å². The van der Waals surface area contributed by atoms with Crippen LogP contribution in [0, 0.1) is 15.9 Å². The summed E-state index contributed by atoms with van der Waals surface area (Å²) in [6.07, 6.45) is -0.842. The standard InChI is InChI=1S/C9H9F2NO3/c1-6(5-10)15-9-4-7(11)2-3-8(9)12(13)14/h2-4,6H,5H2,1H3. The molecule has 0 bridgehead atoms. The van der Waals surface area contributed by atoms with Gasteiger partial charge in [-0.3, -0.25) is 10.1 Å². The summed E-state index contributed by atoms with van der Waals surface area (Å²) >= 11 is 0. The van der Waals surface area contributed by atoms with Crippen molar-refractivity contribution in [2.75, 3.05) is 6.67 Å². The summed E-state index contributed by atoms with van der Waals surface area (Å²) in [4.78, 5) is 9.80. The van der Waals surface area contributed by atoms with Gasteiger partial charge in [-0.15, -0.1) is 0 Å². The number of hydrogen-bond acceptors (Lipinski definition) is 3. The Morgan fingerprint density at radius 3 is 2.80 bits per heavy atom. The zero-order valence-corrected chi connectivity index (χ0v) is 7.94. The molecule has 0 aliphatic rings. The Labute approximate surface area is 84.6 Å². The molecule has 82 valence electrons. The van der Waals surface area contributed by atoms with E-state index in [2.05, 4.69) is 0 Å². The van der Waals surface area contributed by atoms with Crippen molar-refractivity contribution in [3.05, 3.63) is 34.1 Å². The van der Waals surface area contributed by atoms with Crippen LogP contribution in [0.5, 0.6) is 5.75 Å². The number of alkyl halides is 1. The predicted octanol–water partition coefficient (Wildman–Crippen LogP) is 2.47. The molecular weight excluding hydrogens is 208 g/mol. The molecule has 4 nitrogen and oxygen atoms in total. The lowest BCUT2D eigenvalue weighted by Gasteiger charge is -2.10. The van der Waals surface area contributed by atoms with Gasteiger partial charge in [-0.1, -0.05) is 0 Å². The SMILES string of the molecule is CC(CF)Oc1cc(F)ccc1[N+](=O)[O-]. The number of ether oxygens (including phenoxy) is 1. The maximum Gasteiger partial charge on any atom is 0.311 e. The van der Waals surface area contributed by atoms with Crippen LogP contribution in [-0.4, -0.2) is 17.7 Å². The molecule has 1 aromatic rings. The van der Waals surface area contributed by atoms with Crippen molar-refractivity contribution < 1.29 is 18.4 Å². The normalized spacial score (nSPS) is 12.2. The Kier molecular flexibility index (Phi) is 3.54. The summed E-state index contributed by atoms with van der Waals surface area (Å²) in [6.45, 7) is 0.600. The third-order valence-corrected chi connectivity index (χ3v) is 1.66. The van der Waals surface area contributed by atoms with Gasteiger partial charge in [-0.25, -0.2) is 8.78 Å². The summed E-state index contributed by atoms with van der Waals surface area (Å²) in [5.41, 5.74) is -0.378. The van der Waals surface area contributed by atoms with E-state index < -0.39 is 23.5 Å². The third-order valence-electron chi connectivity index (χ3n) is 1.66. The maximum atomic E-state index is 12.8. The fraction of sp³-hybridized carbons (Fsp3) is 0.333. The van der Waals surface area contributed by atoms with Crippen molar-refractivity contribution in [1.82, 2.24) is 0 Å². The first-order chi connectivity index (χ1) is 7.04. The number of rotatable bonds is 4. The van der Waals surface area contributed by atoms with Crippen LogP contribution >= 0.6 is 0 Å². The maximum absolute atomic E-state index is 12.8. The van der Waals surface area contributed by atoms with Crippen molar-refractivity contribution in [1.29, 1.82) is 0 Å². The van der Waals surface area contributed by atoms with Crippen LogP contribution in [0.25, 0.3) is 0 Å². The Morgan fingerprint density at radius 1 is 1.60 bits per heavy atom. The van der Waals surface area contributed by atoms with Crippen molar-refractivity contribution >= 4 is 5.69 Å². The summed E-state index contributed by atoms with van der Waals surface area (Å²) < 4.78 is 29.8. The van der Waals surface area contributed by atoms with Crippen molar-refractivity contribution in [3.63, 3.8) is 0 Å². The van der Waals surface area contributed by atoms with Gasteiger partial charge in [0.05, 0.1) is 4.92 Å². The molecule has 1 aromatic carbocycles. The van der Waals surface area contributed by atoms with E-state index in [0.29, 0.717) is 0 Å². The molecule has 0 spiro atoms. The molecule has 0 N–H and O–H groups in total. The fourth-order valence-electron chi connectivity index (χ4n) is 0.981. The van der Waals surface area contributed by atoms with Gasteiger partial charge >= 0.3 is 5.69 Å². The summed E-state index contributed by atoms with van der Waals surface area (Å²) in [7, 11) is 0. The monoisotopic (exact) mass is 217 g/mol. The molecule has 1 rings (SSSR count). The van der Waals surface area contributed by atoms with Gasteiger partial charge in [0, 0.05) is 12.1 Å². The van der Waals surface area contributed by atoms with Crippen LogP contribution in [-0.2, 0) is 0 Å². The van der Waals surface area contributed by atoms with Crippen molar-refractivity contribution in [3.8, 4) is 5.75 Å². The molecule has 6 heteroatoms. The Morgan fingerprint density at radius 2 is 2.27 bits per heavy atom. The summed E-state index contributed by atoms with van der Waals surface area (Å²) in [5.74, 6) is -0.924. The lowest BCUT2D eigenvalue weighted by molar-refractivity contribution is -0.386. The number of benzene rings is 1. The highest BCUT2D eigenvalue weighted by molar-refractivity contribution is 5.46. The molecule has 0 saturated heterocycles. The second kappa shape index (κ2) is 4.68. The van der Waals surface area contributed by atoms with Crippen LogP contribution in [0.3, 0.4) is 0 Å². The van der Waals surface area contributed by atoms with Crippen LogP contribution in [0.1, 0.15) is 6.92 Å². The van der Waals surface area contributed by atoms with Gasteiger partial charge in [0.2, 0.25) is 0 Å². The smallest absolute Gasteiger partial charge is 0.311 e. The zero-order chi connectivity index (χ0) is 11.4. The molecule has 0 aliphatic heterocycles. The number of hydrogen-bond donors (Lipinski definition) is 0. The minimum atomic E-state index is -0.842. The van der Waals surface area contributed by atoms with E-state index in [1.54, 1.807) is 0 Å². The molecule has 1 unspecified atom stereocenters. The molecular formula is C9H9F2NO3. The first kappa shape index (κ1) is 11.4. The predicted molar refractivity (Wildman–Crippen MR) is 49.1 cm³/mol.